The molecule has 1 aliphatic heterocycles. The van der Waals surface area contributed by atoms with Crippen molar-refractivity contribution in [2.24, 2.45) is 10.8 Å². The van der Waals surface area contributed by atoms with Gasteiger partial charge < -0.3 is 9.94 Å². The lowest BCUT2D eigenvalue weighted by Gasteiger charge is -2.40. The minimum atomic E-state index is -0.725. The zero-order valence-corrected chi connectivity index (χ0v) is 15.9. The van der Waals surface area contributed by atoms with Gasteiger partial charge in [0.1, 0.15) is 0 Å². The summed E-state index contributed by atoms with van der Waals surface area (Å²) in [5, 5.41) is 10.5. The van der Waals surface area contributed by atoms with Crippen LogP contribution in [0.4, 0.5) is 0 Å². The Balaban J connectivity index is 2.40. The molecule has 0 saturated carbocycles. The molecule has 140 valence electrons. The third-order valence-electron chi connectivity index (χ3n) is 5.67. The summed E-state index contributed by atoms with van der Waals surface area (Å²) in [5.41, 5.74) is -0.710. The average molecular weight is 341 g/mol. The largest absolute Gasteiger partial charge is 0.481 e. The van der Waals surface area contributed by atoms with Crippen LogP contribution in [0.15, 0.2) is 0 Å². The van der Waals surface area contributed by atoms with Crippen LogP contribution in [-0.2, 0) is 14.4 Å². The van der Waals surface area contributed by atoms with Gasteiger partial charge in [-0.1, -0.05) is 39.5 Å². The van der Waals surface area contributed by atoms with Crippen LogP contribution in [0.3, 0.4) is 0 Å². The van der Waals surface area contributed by atoms with Crippen LogP contribution in [-0.4, -0.2) is 35.2 Å². The summed E-state index contributed by atoms with van der Waals surface area (Å²) in [6, 6.07) is 0. The molecule has 1 rings (SSSR count). The second kappa shape index (κ2) is 9.40. The normalized spacial score (nSPS) is 16.8. The van der Waals surface area contributed by atoms with E-state index in [0.717, 1.165) is 58.0 Å². The summed E-state index contributed by atoms with van der Waals surface area (Å²) in [6.07, 6.45) is 8.25. The minimum Gasteiger partial charge on any atom is -0.481 e. The zero-order valence-electron chi connectivity index (χ0n) is 15.9. The van der Waals surface area contributed by atoms with Crippen molar-refractivity contribution in [1.29, 1.82) is 0 Å². The fourth-order valence-corrected chi connectivity index (χ4v) is 2.97. The number of hydrogen-bond acceptors (Lipinski definition) is 4. The Morgan fingerprint density at radius 3 is 2.12 bits per heavy atom. The molecule has 0 radical (unpaired) electrons. The number of nitrogens with zero attached hydrogens (tertiary/aromatic N) is 1. The molecule has 1 heterocycles. The van der Waals surface area contributed by atoms with Crippen molar-refractivity contribution >= 4 is 11.9 Å². The Bertz CT molecular complexity index is 412. The summed E-state index contributed by atoms with van der Waals surface area (Å²) in [5.74, 6) is -0.864. The fraction of sp³-hybridized carbons (Fsp3) is 0.895. The lowest BCUT2D eigenvalue weighted by atomic mass is 9.65. The molecule has 0 aliphatic carbocycles. The van der Waals surface area contributed by atoms with E-state index in [1.807, 2.05) is 18.9 Å². The Morgan fingerprint density at radius 1 is 0.958 bits per heavy atom. The number of carbonyl (C=O) groups is 2. The van der Waals surface area contributed by atoms with Gasteiger partial charge in [0.05, 0.1) is 5.41 Å². The van der Waals surface area contributed by atoms with Crippen molar-refractivity contribution in [3.8, 4) is 0 Å². The van der Waals surface area contributed by atoms with Crippen LogP contribution >= 0.6 is 0 Å². The van der Waals surface area contributed by atoms with Gasteiger partial charge in [-0.3, -0.25) is 4.79 Å². The Hall–Kier alpha value is -1.10. The maximum Gasteiger partial charge on any atom is 0.331 e. The monoisotopic (exact) mass is 341 g/mol. The topological polar surface area (TPSA) is 66.8 Å². The molecule has 0 unspecified atom stereocenters. The lowest BCUT2D eigenvalue weighted by molar-refractivity contribution is -0.211. The number of aliphatic carboxylic acids is 1. The van der Waals surface area contributed by atoms with E-state index in [9.17, 15) is 9.59 Å². The van der Waals surface area contributed by atoms with Crippen molar-refractivity contribution in [3.63, 3.8) is 0 Å². The Kier molecular flexibility index (Phi) is 8.20. The molecule has 5 heteroatoms. The second-order valence-corrected chi connectivity index (χ2v) is 8.19. The Morgan fingerprint density at radius 2 is 1.54 bits per heavy atom. The predicted octanol–water partition coefficient (Wildman–Crippen LogP) is 4.41. The first-order valence-corrected chi connectivity index (χ1v) is 9.36. The molecule has 0 aromatic rings. The maximum atomic E-state index is 12.7. The molecule has 1 aliphatic rings. The van der Waals surface area contributed by atoms with E-state index in [4.69, 9.17) is 9.94 Å². The van der Waals surface area contributed by atoms with Crippen molar-refractivity contribution in [1.82, 2.24) is 5.06 Å². The van der Waals surface area contributed by atoms with Crippen LogP contribution in [0, 0.1) is 10.8 Å². The van der Waals surface area contributed by atoms with Crippen LogP contribution < -0.4 is 0 Å². The number of carboxylic acids is 1. The molecular weight excluding hydrogens is 306 g/mol. The van der Waals surface area contributed by atoms with Crippen LogP contribution in [0.2, 0.25) is 0 Å². The first-order chi connectivity index (χ1) is 11.2. The van der Waals surface area contributed by atoms with Gasteiger partial charge in [0.2, 0.25) is 0 Å². The van der Waals surface area contributed by atoms with Gasteiger partial charge in [-0.05, 0) is 44.9 Å². The van der Waals surface area contributed by atoms with Gasteiger partial charge in [-0.15, -0.1) is 5.06 Å². The summed E-state index contributed by atoms with van der Waals surface area (Å²) < 4.78 is 0. The number of hydroxylamine groups is 2. The number of rotatable bonds is 10. The summed E-state index contributed by atoms with van der Waals surface area (Å²) in [7, 11) is 0. The molecule has 1 saturated heterocycles. The van der Waals surface area contributed by atoms with E-state index in [1.165, 1.54) is 6.42 Å². The predicted molar refractivity (Wildman–Crippen MR) is 94.4 cm³/mol. The van der Waals surface area contributed by atoms with Gasteiger partial charge in [-0.2, -0.15) is 0 Å². The highest BCUT2D eigenvalue weighted by atomic mass is 16.7. The Labute approximate surface area is 146 Å². The highest BCUT2D eigenvalue weighted by Crippen LogP contribution is 2.43. The molecule has 24 heavy (non-hydrogen) atoms. The highest BCUT2D eigenvalue weighted by molar-refractivity contribution is 5.76. The first kappa shape index (κ1) is 20.9. The van der Waals surface area contributed by atoms with Crippen LogP contribution in [0.25, 0.3) is 0 Å². The van der Waals surface area contributed by atoms with Crippen molar-refractivity contribution < 1.29 is 19.5 Å². The van der Waals surface area contributed by atoms with Crippen molar-refractivity contribution in [2.45, 2.75) is 85.5 Å². The minimum absolute atomic E-state index is 0.139. The molecule has 0 spiro atoms. The first-order valence-electron chi connectivity index (χ1n) is 9.36. The van der Waals surface area contributed by atoms with E-state index >= 15 is 0 Å². The number of piperidine rings is 1. The van der Waals surface area contributed by atoms with Crippen LogP contribution in [0.1, 0.15) is 85.5 Å². The number of carboxylic acid groups (broad SMARTS) is 1. The third-order valence-corrected chi connectivity index (χ3v) is 5.67. The summed E-state index contributed by atoms with van der Waals surface area (Å²) in [4.78, 5) is 28.8. The van der Waals surface area contributed by atoms with E-state index in [1.54, 1.807) is 0 Å². The number of carbonyl (C=O) groups excluding carboxylic acids is 1. The van der Waals surface area contributed by atoms with Crippen LogP contribution in [0.5, 0.6) is 0 Å². The third kappa shape index (κ3) is 6.42. The standard InChI is InChI=1S/C19H35NO4/c1-18(2,13-9-6-5-8-12-16(21)22)19(3,4)17(23)24-20-14-10-7-11-15-20/h5-15H2,1-4H3,(H,21,22). The van der Waals surface area contributed by atoms with Gasteiger partial charge >= 0.3 is 11.9 Å². The van der Waals surface area contributed by atoms with E-state index in [-0.39, 0.29) is 17.8 Å². The van der Waals surface area contributed by atoms with Gasteiger partial charge in [0.15, 0.2) is 0 Å². The van der Waals surface area contributed by atoms with Gasteiger partial charge in [0, 0.05) is 19.5 Å². The highest BCUT2D eigenvalue weighted by Gasteiger charge is 2.44. The number of hydrogen-bond donors (Lipinski definition) is 1. The molecule has 5 nitrogen and oxygen atoms in total. The molecule has 0 aromatic heterocycles. The average Bonchev–Trinajstić information content (AvgIpc) is 2.51. The lowest BCUT2D eigenvalue weighted by Crippen LogP contribution is -2.44. The molecule has 0 aromatic carbocycles. The second-order valence-electron chi connectivity index (χ2n) is 8.19. The number of unbranched alkanes of at least 4 members (excludes halogenated alkanes) is 3. The smallest absolute Gasteiger partial charge is 0.331 e. The zero-order chi connectivity index (χ0) is 18.2. The molecule has 1 N–H and O–H groups in total. The molecular formula is C19H35NO4. The van der Waals surface area contributed by atoms with Gasteiger partial charge in [-0.25, -0.2) is 4.79 Å². The molecule has 0 amide bonds. The van der Waals surface area contributed by atoms with Crippen molar-refractivity contribution in [2.75, 3.05) is 13.1 Å². The summed E-state index contributed by atoms with van der Waals surface area (Å²) >= 11 is 0. The molecule has 1 fully saturated rings. The van der Waals surface area contributed by atoms with E-state index < -0.39 is 11.4 Å². The molecule has 0 atom stereocenters. The maximum absolute atomic E-state index is 12.7. The molecule has 0 bridgehead atoms. The van der Waals surface area contributed by atoms with E-state index in [0.29, 0.717) is 0 Å². The summed E-state index contributed by atoms with van der Waals surface area (Å²) in [6.45, 7) is 9.88. The SMILES string of the molecule is CC(C)(CCCCCCC(=O)O)C(C)(C)C(=O)ON1CCCCC1. The fourth-order valence-electron chi connectivity index (χ4n) is 2.97. The van der Waals surface area contributed by atoms with Crippen molar-refractivity contribution in [3.05, 3.63) is 0 Å². The van der Waals surface area contributed by atoms with Gasteiger partial charge in [0.25, 0.3) is 0 Å². The quantitative estimate of drug-likeness (QED) is 0.596. The van der Waals surface area contributed by atoms with E-state index in [2.05, 4.69) is 13.8 Å².